The van der Waals surface area contributed by atoms with Crippen molar-refractivity contribution in [1.82, 2.24) is 14.5 Å². The van der Waals surface area contributed by atoms with E-state index in [0.717, 1.165) is 78.6 Å². The summed E-state index contributed by atoms with van der Waals surface area (Å²) < 4.78 is 2.33. The van der Waals surface area contributed by atoms with E-state index in [-0.39, 0.29) is 48.5 Å². The van der Waals surface area contributed by atoms with E-state index in [1.54, 1.807) is 0 Å². The van der Waals surface area contributed by atoms with Crippen molar-refractivity contribution >= 4 is 22.8 Å². The maximum atomic E-state index is 12.4. The van der Waals surface area contributed by atoms with Crippen LogP contribution in [0.1, 0.15) is 111 Å². The maximum Gasteiger partial charge on any atom is 0.149 e. The second-order valence-corrected chi connectivity index (χ2v) is 21.1. The van der Waals surface area contributed by atoms with Gasteiger partial charge in [-0.25, -0.2) is 4.98 Å². The molecule has 7 aromatic rings. The van der Waals surface area contributed by atoms with Crippen LogP contribution in [-0.4, -0.2) is 19.6 Å². The Bertz CT molecular complexity index is 2720. The first-order valence-electron chi connectivity index (χ1n) is 20.5. The summed E-state index contributed by atoms with van der Waals surface area (Å²) in [5, 5.41) is 12.4. The minimum Gasteiger partial charge on any atom is -0.507 e. The van der Waals surface area contributed by atoms with E-state index in [9.17, 15) is 5.11 Å². The zero-order valence-electron chi connectivity index (χ0n) is 36.5. The smallest absolute Gasteiger partial charge is 0.149 e. The minimum absolute atomic E-state index is 0. The van der Waals surface area contributed by atoms with Crippen LogP contribution in [0.4, 0.5) is 0 Å². The van der Waals surface area contributed by atoms with Gasteiger partial charge in [-0.05, 0) is 79.4 Å². The Labute approximate surface area is 370 Å². The van der Waals surface area contributed by atoms with Crippen molar-refractivity contribution in [2.24, 2.45) is 0 Å². The summed E-state index contributed by atoms with van der Waals surface area (Å²) in [5.41, 5.74) is 14.9. The summed E-state index contributed by atoms with van der Waals surface area (Å²) in [5.74, 6) is 1.82. The first kappa shape index (κ1) is 42.7. The summed E-state index contributed by atoms with van der Waals surface area (Å²) in [7, 11) is 0. The van der Waals surface area contributed by atoms with Crippen molar-refractivity contribution in [3.63, 3.8) is 0 Å². The molecule has 0 radical (unpaired) electrons. The van der Waals surface area contributed by atoms with Gasteiger partial charge in [0.25, 0.3) is 0 Å². The predicted octanol–water partition coefficient (Wildman–Crippen LogP) is 14.4. The van der Waals surface area contributed by atoms with Crippen LogP contribution >= 0.6 is 11.8 Å². The molecule has 8 rings (SSSR count). The minimum atomic E-state index is -0.293. The van der Waals surface area contributed by atoms with Crippen molar-refractivity contribution in [2.75, 3.05) is 0 Å². The Morgan fingerprint density at radius 2 is 1.27 bits per heavy atom. The number of hydrogen-bond donors (Lipinski definition) is 1. The predicted molar refractivity (Wildman–Crippen MR) is 245 cm³/mol. The number of aromatic hydroxyl groups is 1. The number of phenols is 1. The molecule has 306 valence electrons. The van der Waals surface area contributed by atoms with E-state index in [1.165, 1.54) is 21.6 Å². The number of fused-ring (bicyclic) bond motifs is 2. The van der Waals surface area contributed by atoms with Crippen LogP contribution in [0.3, 0.4) is 0 Å². The van der Waals surface area contributed by atoms with Crippen LogP contribution < -0.4 is 0 Å². The van der Waals surface area contributed by atoms with Gasteiger partial charge in [-0.1, -0.05) is 144 Å². The number of rotatable bonds is 4. The van der Waals surface area contributed by atoms with E-state index >= 15 is 0 Å². The first-order chi connectivity index (χ1) is 27.2. The molecule has 1 N–H and O–H groups in total. The van der Waals surface area contributed by atoms with Gasteiger partial charge >= 0.3 is 0 Å². The van der Waals surface area contributed by atoms with Gasteiger partial charge in [0.05, 0.1) is 28.0 Å². The van der Waals surface area contributed by atoms with Gasteiger partial charge in [-0.3, -0.25) is 9.55 Å². The van der Waals surface area contributed by atoms with E-state index in [4.69, 9.17) is 9.97 Å². The molecule has 4 nitrogen and oxygen atoms in total. The Balaban J connectivity index is 0.00000528. The van der Waals surface area contributed by atoms with Crippen LogP contribution in [0.25, 0.3) is 61.8 Å². The average Bonchev–Trinajstić information content (AvgIpc) is 3.47. The number of thioether (sulfide) groups is 1. The SMILES string of the molecule is CC(C)(C)c1cc(-c2[c-]ccc(-c3ccccc3)c2)nc(-c2ccc3c4c2nc(-c2cc(C(C)(C)C)cc(C(C)(C)C)c2O)n4-c2ccc(C(C)(C)C)cc2SC3)c1.[Pt]. The molecule has 59 heavy (non-hydrogen) atoms. The molecule has 1 aliphatic rings. The summed E-state index contributed by atoms with van der Waals surface area (Å²) in [6.07, 6.45) is 0. The summed E-state index contributed by atoms with van der Waals surface area (Å²) in [6, 6.07) is 40.5. The van der Waals surface area contributed by atoms with Crippen molar-refractivity contribution in [3.05, 3.63) is 137 Å². The zero-order chi connectivity index (χ0) is 41.5. The molecule has 6 heteroatoms. The Hall–Kier alpha value is -4.44. The Morgan fingerprint density at radius 3 is 1.93 bits per heavy atom. The van der Waals surface area contributed by atoms with Gasteiger partial charge in [0.2, 0.25) is 0 Å². The standard InChI is InChI=1S/C53H56N3OS.Pt/c1-50(2,3)36-22-24-44-45(30-36)58-31-35-21-23-39(46-47(35)56(44)49(55-46)40-26-37(51(4,5)6)27-41(48(40)57)53(10,11)12)43-29-38(52(7,8)9)28-42(54-43)34-20-16-19-33(25-34)32-17-14-13-15-18-32;/h13-19,21-30,57H,31H2,1-12H3;/q-1;. The van der Waals surface area contributed by atoms with Gasteiger partial charge in [0.1, 0.15) is 11.6 Å². The fourth-order valence-electron chi connectivity index (χ4n) is 7.89. The molecule has 2 aromatic heterocycles. The van der Waals surface area contributed by atoms with Crippen molar-refractivity contribution in [1.29, 1.82) is 0 Å². The van der Waals surface area contributed by atoms with E-state index < -0.39 is 0 Å². The van der Waals surface area contributed by atoms with Crippen LogP contribution in [-0.2, 0) is 48.5 Å². The molecule has 0 saturated heterocycles. The van der Waals surface area contributed by atoms with Gasteiger partial charge in [-0.2, -0.15) is 0 Å². The fourth-order valence-corrected chi connectivity index (χ4v) is 8.96. The third-order valence-electron chi connectivity index (χ3n) is 11.5. The molecule has 0 saturated carbocycles. The van der Waals surface area contributed by atoms with Crippen molar-refractivity contribution < 1.29 is 26.2 Å². The number of aromatic nitrogens is 3. The molecule has 0 atom stereocenters. The Kier molecular flexibility index (Phi) is 11.0. The second-order valence-electron chi connectivity index (χ2n) is 20.1. The molecule has 0 fully saturated rings. The number of phenolic OH excluding ortho intramolecular Hbond substituents is 1. The molecular weight excluding hydrogens is 922 g/mol. The average molecular weight is 978 g/mol. The third-order valence-corrected chi connectivity index (χ3v) is 12.6. The van der Waals surface area contributed by atoms with E-state index in [2.05, 4.69) is 185 Å². The monoisotopic (exact) mass is 977 g/mol. The molecule has 0 spiro atoms. The van der Waals surface area contributed by atoms with Gasteiger partial charge < -0.3 is 5.11 Å². The van der Waals surface area contributed by atoms with Crippen LogP contribution in [0.5, 0.6) is 5.75 Å². The van der Waals surface area contributed by atoms with Crippen molar-refractivity contribution in [3.8, 4) is 56.5 Å². The molecule has 0 amide bonds. The fraction of sp³-hybridized carbons (Fsp3) is 0.321. The summed E-state index contributed by atoms with van der Waals surface area (Å²) >= 11 is 1.87. The molecule has 3 heterocycles. The zero-order valence-corrected chi connectivity index (χ0v) is 39.6. The number of benzene rings is 5. The van der Waals surface area contributed by atoms with Gasteiger partial charge in [0, 0.05) is 42.8 Å². The normalized spacial score (nSPS) is 13.2. The molecular formula is C53H56N3OPtS-. The summed E-state index contributed by atoms with van der Waals surface area (Å²) in [6.45, 7) is 26.8. The van der Waals surface area contributed by atoms with E-state index in [0.29, 0.717) is 0 Å². The van der Waals surface area contributed by atoms with Crippen LogP contribution in [0.2, 0.25) is 0 Å². The maximum absolute atomic E-state index is 12.4. The number of hydrogen-bond acceptors (Lipinski definition) is 4. The van der Waals surface area contributed by atoms with Crippen molar-refractivity contribution in [2.45, 2.75) is 115 Å². The van der Waals surface area contributed by atoms with E-state index in [1.807, 2.05) is 23.9 Å². The molecule has 0 bridgehead atoms. The summed E-state index contributed by atoms with van der Waals surface area (Å²) in [4.78, 5) is 12.3. The van der Waals surface area contributed by atoms with Crippen LogP contribution in [0.15, 0.2) is 108 Å². The largest absolute Gasteiger partial charge is 0.507 e. The number of pyridine rings is 1. The molecule has 0 unspecified atom stereocenters. The molecule has 5 aromatic carbocycles. The Morgan fingerprint density at radius 1 is 0.610 bits per heavy atom. The van der Waals surface area contributed by atoms with Gasteiger partial charge in [-0.15, -0.1) is 47.2 Å². The quantitative estimate of drug-likeness (QED) is 0.179. The first-order valence-corrected chi connectivity index (χ1v) is 21.5. The number of imidazole rings is 1. The topological polar surface area (TPSA) is 50.9 Å². The van der Waals surface area contributed by atoms with Gasteiger partial charge in [0.15, 0.2) is 0 Å². The molecule has 1 aliphatic heterocycles. The molecule has 0 aliphatic carbocycles. The number of nitrogens with zero attached hydrogens (tertiary/aromatic N) is 3. The third kappa shape index (κ3) is 8.10. The van der Waals surface area contributed by atoms with Crippen LogP contribution in [0, 0.1) is 6.07 Å². The second kappa shape index (κ2) is 15.2.